The summed E-state index contributed by atoms with van der Waals surface area (Å²) in [6.45, 7) is 2.08. The highest BCUT2D eigenvalue weighted by Crippen LogP contribution is 2.14. The molecule has 1 aromatic heterocycles. The van der Waals surface area contributed by atoms with Crippen LogP contribution in [0.25, 0.3) is 0 Å². The van der Waals surface area contributed by atoms with Crippen molar-refractivity contribution in [3.05, 3.63) is 47.6 Å². The maximum absolute atomic E-state index is 5.92. The Morgan fingerprint density at radius 1 is 1.29 bits per heavy atom. The summed E-state index contributed by atoms with van der Waals surface area (Å²) in [5, 5.41) is 3.95. The molecule has 90 valence electrons. The molecule has 0 aliphatic heterocycles. The normalized spacial score (nSPS) is 12.6. The summed E-state index contributed by atoms with van der Waals surface area (Å²) in [4.78, 5) is 4.32. The van der Waals surface area contributed by atoms with Crippen LogP contribution >= 0.6 is 0 Å². The largest absolute Gasteiger partial charge is 0.338 e. The zero-order valence-electron chi connectivity index (χ0n) is 9.97. The fourth-order valence-corrected chi connectivity index (χ4v) is 1.70. The fourth-order valence-electron chi connectivity index (χ4n) is 1.70. The second-order valence-corrected chi connectivity index (χ2v) is 4.11. The summed E-state index contributed by atoms with van der Waals surface area (Å²) >= 11 is 0. The van der Waals surface area contributed by atoms with Gasteiger partial charge in [0.05, 0.1) is 6.04 Å². The van der Waals surface area contributed by atoms with Crippen LogP contribution in [-0.2, 0) is 6.42 Å². The molecule has 0 saturated heterocycles. The molecule has 0 unspecified atom stereocenters. The Hall–Kier alpha value is -1.68. The van der Waals surface area contributed by atoms with E-state index in [1.807, 2.05) is 30.3 Å². The zero-order chi connectivity index (χ0) is 12.1. The number of rotatable bonds is 5. The topological polar surface area (TPSA) is 64.9 Å². The van der Waals surface area contributed by atoms with Crippen molar-refractivity contribution in [3.63, 3.8) is 0 Å². The third-order valence-electron chi connectivity index (χ3n) is 2.61. The van der Waals surface area contributed by atoms with Gasteiger partial charge < -0.3 is 10.3 Å². The quantitative estimate of drug-likeness (QED) is 0.858. The van der Waals surface area contributed by atoms with Crippen LogP contribution in [0.1, 0.15) is 43.1 Å². The van der Waals surface area contributed by atoms with Gasteiger partial charge >= 0.3 is 0 Å². The van der Waals surface area contributed by atoms with Gasteiger partial charge in [0, 0.05) is 6.42 Å². The van der Waals surface area contributed by atoms with Gasteiger partial charge in [0.25, 0.3) is 0 Å². The lowest BCUT2D eigenvalue weighted by Crippen LogP contribution is -2.10. The number of benzene rings is 1. The molecule has 0 radical (unpaired) electrons. The smallest absolute Gasteiger partial charge is 0.243 e. The van der Waals surface area contributed by atoms with Crippen LogP contribution in [0.2, 0.25) is 0 Å². The lowest BCUT2D eigenvalue weighted by Gasteiger charge is -2.02. The zero-order valence-corrected chi connectivity index (χ0v) is 9.97. The van der Waals surface area contributed by atoms with Gasteiger partial charge in [-0.2, -0.15) is 4.98 Å². The van der Waals surface area contributed by atoms with Crippen molar-refractivity contribution in [1.82, 2.24) is 10.1 Å². The van der Waals surface area contributed by atoms with E-state index < -0.39 is 0 Å². The molecule has 2 rings (SSSR count). The van der Waals surface area contributed by atoms with Crippen molar-refractivity contribution in [2.75, 3.05) is 0 Å². The summed E-state index contributed by atoms with van der Waals surface area (Å²) in [7, 11) is 0. The van der Waals surface area contributed by atoms with Crippen LogP contribution in [0.3, 0.4) is 0 Å². The van der Waals surface area contributed by atoms with Crippen LogP contribution in [0.4, 0.5) is 0 Å². The van der Waals surface area contributed by atoms with Crippen LogP contribution in [0.5, 0.6) is 0 Å². The first-order valence-corrected chi connectivity index (χ1v) is 5.91. The third-order valence-corrected chi connectivity index (χ3v) is 2.61. The first-order chi connectivity index (χ1) is 8.29. The minimum Gasteiger partial charge on any atom is -0.338 e. The molecular weight excluding hydrogens is 214 g/mol. The van der Waals surface area contributed by atoms with Gasteiger partial charge in [-0.3, -0.25) is 0 Å². The highest BCUT2D eigenvalue weighted by molar-refractivity contribution is 5.18. The fraction of sp³-hybridized carbons (Fsp3) is 0.385. The lowest BCUT2D eigenvalue weighted by molar-refractivity contribution is 0.345. The molecule has 0 aliphatic carbocycles. The summed E-state index contributed by atoms with van der Waals surface area (Å²) < 4.78 is 5.17. The molecule has 0 fully saturated rings. The van der Waals surface area contributed by atoms with E-state index in [1.165, 1.54) is 5.56 Å². The van der Waals surface area contributed by atoms with E-state index in [0.29, 0.717) is 18.1 Å². The van der Waals surface area contributed by atoms with Gasteiger partial charge in [-0.05, 0) is 12.0 Å². The van der Waals surface area contributed by atoms with E-state index in [1.54, 1.807) is 0 Å². The lowest BCUT2D eigenvalue weighted by atomic mass is 10.1. The van der Waals surface area contributed by atoms with E-state index in [-0.39, 0.29) is 6.04 Å². The maximum Gasteiger partial charge on any atom is 0.243 e. The van der Waals surface area contributed by atoms with Crippen LogP contribution < -0.4 is 5.73 Å². The summed E-state index contributed by atoms with van der Waals surface area (Å²) in [6.07, 6.45) is 2.56. The molecule has 0 bridgehead atoms. The molecule has 2 N–H and O–H groups in total. The molecule has 1 atom stereocenters. The Morgan fingerprint density at radius 2 is 2.06 bits per heavy atom. The molecule has 4 heteroatoms. The first-order valence-electron chi connectivity index (χ1n) is 5.91. The van der Waals surface area contributed by atoms with Gasteiger partial charge in [-0.1, -0.05) is 48.8 Å². The van der Waals surface area contributed by atoms with E-state index in [4.69, 9.17) is 10.3 Å². The number of nitrogens with zero attached hydrogens (tertiary/aromatic N) is 2. The van der Waals surface area contributed by atoms with Crippen molar-refractivity contribution in [2.45, 2.75) is 32.2 Å². The van der Waals surface area contributed by atoms with Gasteiger partial charge in [-0.15, -0.1) is 0 Å². The average molecular weight is 231 g/mol. The predicted molar refractivity (Wildman–Crippen MR) is 65.4 cm³/mol. The third kappa shape index (κ3) is 3.14. The first kappa shape index (κ1) is 11.8. The molecule has 0 amide bonds. The minimum absolute atomic E-state index is 0.142. The monoisotopic (exact) mass is 231 g/mol. The molecule has 0 saturated carbocycles. The Morgan fingerprint density at radius 3 is 2.76 bits per heavy atom. The van der Waals surface area contributed by atoms with Crippen LogP contribution in [-0.4, -0.2) is 10.1 Å². The Balaban J connectivity index is 2.04. The van der Waals surface area contributed by atoms with Crippen molar-refractivity contribution < 1.29 is 4.52 Å². The average Bonchev–Trinajstić information content (AvgIpc) is 2.79. The second-order valence-electron chi connectivity index (χ2n) is 4.11. The van der Waals surface area contributed by atoms with E-state index in [0.717, 1.165) is 12.8 Å². The Bertz CT molecular complexity index is 453. The molecule has 1 aromatic carbocycles. The SMILES string of the molecule is CCC[C@@H](N)c1nc(Cc2ccccc2)no1. The number of nitrogens with two attached hydrogens (primary N) is 1. The highest BCUT2D eigenvalue weighted by Gasteiger charge is 2.13. The standard InChI is InChI=1S/C13H17N3O/c1-2-6-11(14)13-15-12(16-17-13)9-10-7-4-3-5-8-10/h3-5,7-8,11H,2,6,9,14H2,1H3/t11-/m1/s1. The molecule has 0 spiro atoms. The summed E-state index contributed by atoms with van der Waals surface area (Å²) in [5.41, 5.74) is 7.09. The van der Waals surface area contributed by atoms with Crippen molar-refractivity contribution in [2.24, 2.45) is 5.73 Å². The van der Waals surface area contributed by atoms with Gasteiger partial charge in [0.1, 0.15) is 0 Å². The molecule has 2 aromatic rings. The number of hydrogen-bond acceptors (Lipinski definition) is 4. The van der Waals surface area contributed by atoms with Crippen molar-refractivity contribution >= 4 is 0 Å². The summed E-state index contributed by atoms with van der Waals surface area (Å²) in [6, 6.07) is 9.93. The molecule has 17 heavy (non-hydrogen) atoms. The van der Waals surface area contributed by atoms with Crippen molar-refractivity contribution in [3.8, 4) is 0 Å². The van der Waals surface area contributed by atoms with Gasteiger partial charge in [0.15, 0.2) is 5.82 Å². The predicted octanol–water partition coefficient (Wildman–Crippen LogP) is 2.46. The molecule has 0 aliphatic rings. The highest BCUT2D eigenvalue weighted by atomic mass is 16.5. The molecule has 4 nitrogen and oxygen atoms in total. The minimum atomic E-state index is -0.142. The summed E-state index contributed by atoms with van der Waals surface area (Å²) in [5.74, 6) is 1.23. The van der Waals surface area contributed by atoms with Gasteiger partial charge in [0.2, 0.25) is 5.89 Å². The maximum atomic E-state index is 5.92. The van der Waals surface area contributed by atoms with E-state index >= 15 is 0 Å². The van der Waals surface area contributed by atoms with Gasteiger partial charge in [-0.25, -0.2) is 0 Å². The number of hydrogen-bond donors (Lipinski definition) is 1. The van der Waals surface area contributed by atoms with E-state index in [9.17, 15) is 0 Å². The molecular formula is C13H17N3O. The number of aromatic nitrogens is 2. The van der Waals surface area contributed by atoms with E-state index in [2.05, 4.69) is 17.1 Å². The Labute approximate surface area is 101 Å². The molecule has 1 heterocycles. The van der Waals surface area contributed by atoms with Crippen molar-refractivity contribution in [1.29, 1.82) is 0 Å². The Kier molecular flexibility index (Phi) is 3.88. The van der Waals surface area contributed by atoms with Crippen LogP contribution in [0, 0.1) is 0 Å². The second kappa shape index (κ2) is 5.59. The van der Waals surface area contributed by atoms with Crippen LogP contribution in [0.15, 0.2) is 34.9 Å².